The summed E-state index contributed by atoms with van der Waals surface area (Å²) in [6, 6.07) is 14.2. The van der Waals surface area contributed by atoms with Gasteiger partial charge >= 0.3 is 0 Å². The fraction of sp³-hybridized carbons (Fsp3) is 0.391. The topological polar surface area (TPSA) is 20.2 Å². The van der Waals surface area contributed by atoms with Gasteiger partial charge in [-0.15, -0.1) is 0 Å². The molecule has 0 aromatic heterocycles. The van der Waals surface area contributed by atoms with Crippen molar-refractivity contribution in [3.63, 3.8) is 0 Å². The first-order valence-electron chi connectivity index (χ1n) is 8.49. The molecule has 0 amide bonds. The fourth-order valence-electron chi connectivity index (χ4n) is 2.51. The Bertz CT molecular complexity index is 632. The van der Waals surface area contributed by atoms with Gasteiger partial charge in [0.05, 0.1) is 0 Å². The Kier molecular flexibility index (Phi) is 6.42. The van der Waals surface area contributed by atoms with Crippen LogP contribution in [-0.4, -0.2) is 5.11 Å². The van der Waals surface area contributed by atoms with Crippen LogP contribution in [-0.2, 0) is 10.8 Å². The van der Waals surface area contributed by atoms with Gasteiger partial charge in [-0.2, -0.15) is 0 Å². The molecule has 0 spiro atoms. The Morgan fingerprint density at radius 3 is 1.54 bits per heavy atom. The third kappa shape index (κ3) is 5.56. The molecule has 2 aromatic rings. The monoisotopic (exact) mass is 324 g/mol. The van der Waals surface area contributed by atoms with Crippen molar-refractivity contribution in [2.45, 2.75) is 59.3 Å². The molecule has 0 atom stereocenters. The molecule has 0 bridgehead atoms. The largest absolute Gasteiger partial charge is 0.507 e. The van der Waals surface area contributed by atoms with Crippen LogP contribution in [0.15, 0.2) is 49.0 Å². The van der Waals surface area contributed by atoms with Gasteiger partial charge in [-0.3, -0.25) is 0 Å². The molecule has 24 heavy (non-hydrogen) atoms. The van der Waals surface area contributed by atoms with E-state index < -0.39 is 0 Å². The SMILES string of the molecule is C=Cc1ccccc1.Cc1cc(C(C)(C)C)c(O)c(C(C)(C)C)c1. The van der Waals surface area contributed by atoms with E-state index in [2.05, 4.69) is 67.2 Å². The second-order valence-corrected chi connectivity index (χ2v) is 8.32. The van der Waals surface area contributed by atoms with Gasteiger partial charge in [-0.05, 0) is 34.4 Å². The lowest BCUT2D eigenvalue weighted by Gasteiger charge is -2.27. The van der Waals surface area contributed by atoms with E-state index in [9.17, 15) is 5.11 Å². The van der Waals surface area contributed by atoms with Crippen LogP contribution in [0.1, 0.15) is 63.8 Å². The maximum absolute atomic E-state index is 10.4. The summed E-state index contributed by atoms with van der Waals surface area (Å²) in [6.07, 6.45) is 1.83. The number of phenols is 1. The normalized spacial score (nSPS) is 11.5. The Labute approximate surface area is 148 Å². The Morgan fingerprint density at radius 1 is 0.833 bits per heavy atom. The first-order valence-corrected chi connectivity index (χ1v) is 8.49. The van der Waals surface area contributed by atoms with Crippen LogP contribution >= 0.6 is 0 Å². The zero-order valence-electron chi connectivity index (χ0n) is 16.3. The van der Waals surface area contributed by atoms with Gasteiger partial charge in [0, 0.05) is 0 Å². The summed E-state index contributed by atoms with van der Waals surface area (Å²) >= 11 is 0. The zero-order valence-corrected chi connectivity index (χ0v) is 16.3. The van der Waals surface area contributed by atoms with Crippen molar-refractivity contribution in [2.24, 2.45) is 0 Å². The van der Waals surface area contributed by atoms with Crippen LogP contribution in [0.5, 0.6) is 5.75 Å². The Balaban J connectivity index is 0.000000300. The quantitative estimate of drug-likeness (QED) is 0.624. The highest BCUT2D eigenvalue weighted by Crippen LogP contribution is 2.39. The molecule has 0 aliphatic carbocycles. The second kappa shape index (κ2) is 7.70. The van der Waals surface area contributed by atoms with Crippen molar-refractivity contribution in [1.29, 1.82) is 0 Å². The molecule has 1 heteroatoms. The molecule has 0 aliphatic rings. The molecule has 1 N–H and O–H groups in total. The molecule has 0 saturated carbocycles. The van der Waals surface area contributed by atoms with E-state index in [4.69, 9.17) is 0 Å². The summed E-state index contributed by atoms with van der Waals surface area (Å²) in [7, 11) is 0. The lowest BCUT2D eigenvalue weighted by atomic mass is 9.78. The van der Waals surface area contributed by atoms with E-state index in [1.807, 2.05) is 36.4 Å². The molecule has 130 valence electrons. The van der Waals surface area contributed by atoms with Crippen LogP contribution in [0.3, 0.4) is 0 Å². The third-order valence-electron chi connectivity index (χ3n) is 3.91. The number of aryl methyl sites for hydroxylation is 1. The van der Waals surface area contributed by atoms with Gasteiger partial charge in [-0.25, -0.2) is 0 Å². The lowest BCUT2D eigenvalue weighted by molar-refractivity contribution is 0.423. The van der Waals surface area contributed by atoms with Gasteiger partial charge in [0.15, 0.2) is 0 Å². The number of rotatable bonds is 1. The summed E-state index contributed by atoms with van der Waals surface area (Å²) in [4.78, 5) is 0. The van der Waals surface area contributed by atoms with Gasteiger partial charge in [0.25, 0.3) is 0 Å². The first kappa shape index (κ1) is 20.0. The first-order chi connectivity index (χ1) is 11.0. The predicted molar refractivity (Wildman–Crippen MR) is 107 cm³/mol. The molecule has 2 rings (SSSR count). The number of benzene rings is 2. The van der Waals surface area contributed by atoms with Crippen molar-refractivity contribution in [1.82, 2.24) is 0 Å². The lowest BCUT2D eigenvalue weighted by Crippen LogP contribution is -2.17. The maximum Gasteiger partial charge on any atom is 0.123 e. The minimum absolute atomic E-state index is 0.0178. The Hall–Kier alpha value is -2.02. The fourth-order valence-corrected chi connectivity index (χ4v) is 2.51. The standard InChI is InChI=1S/C15H24O.C8H8/c1-10-8-11(14(2,3)4)13(16)12(9-10)15(5,6)7;1-2-8-6-4-3-5-7-8/h8-9,16H,1-7H3;2-7H,1H2. The average Bonchev–Trinajstić information content (AvgIpc) is 2.48. The number of hydrogen-bond donors (Lipinski definition) is 1. The van der Waals surface area contributed by atoms with Crippen molar-refractivity contribution in [3.05, 3.63) is 71.3 Å². The highest BCUT2D eigenvalue weighted by atomic mass is 16.3. The molecule has 0 heterocycles. The third-order valence-corrected chi connectivity index (χ3v) is 3.91. The van der Waals surface area contributed by atoms with E-state index in [0.717, 1.165) is 11.1 Å². The molecule has 0 saturated heterocycles. The summed E-state index contributed by atoms with van der Waals surface area (Å²) in [5.41, 5.74) is 4.43. The molecule has 0 radical (unpaired) electrons. The predicted octanol–water partition coefficient (Wildman–Crippen LogP) is 6.63. The van der Waals surface area contributed by atoms with E-state index in [0.29, 0.717) is 5.75 Å². The molecular weight excluding hydrogens is 292 g/mol. The van der Waals surface area contributed by atoms with Crippen LogP contribution in [0.4, 0.5) is 0 Å². The van der Waals surface area contributed by atoms with E-state index in [1.165, 1.54) is 11.1 Å². The summed E-state index contributed by atoms with van der Waals surface area (Å²) in [6.45, 7) is 18.5. The van der Waals surface area contributed by atoms with Crippen molar-refractivity contribution < 1.29 is 5.11 Å². The van der Waals surface area contributed by atoms with Crippen molar-refractivity contribution in [3.8, 4) is 5.75 Å². The van der Waals surface area contributed by atoms with Crippen molar-refractivity contribution in [2.75, 3.05) is 0 Å². The highest BCUT2D eigenvalue weighted by Gasteiger charge is 2.25. The molecular formula is C23H32O. The molecule has 2 aromatic carbocycles. The maximum atomic E-state index is 10.4. The number of hydrogen-bond acceptors (Lipinski definition) is 1. The smallest absolute Gasteiger partial charge is 0.123 e. The summed E-state index contributed by atoms with van der Waals surface area (Å²) in [5, 5.41) is 10.4. The zero-order chi connectivity index (χ0) is 18.5. The van der Waals surface area contributed by atoms with Crippen molar-refractivity contribution >= 4 is 6.08 Å². The van der Waals surface area contributed by atoms with Crippen LogP contribution in [0.2, 0.25) is 0 Å². The molecule has 0 aliphatic heterocycles. The van der Waals surface area contributed by atoms with Crippen LogP contribution in [0, 0.1) is 6.92 Å². The number of aromatic hydroxyl groups is 1. The number of phenolic OH excluding ortho intramolecular Hbond substituents is 1. The molecule has 1 nitrogen and oxygen atoms in total. The highest BCUT2D eigenvalue weighted by molar-refractivity contribution is 5.49. The van der Waals surface area contributed by atoms with Crippen LogP contribution in [0.25, 0.3) is 6.08 Å². The minimum atomic E-state index is -0.0178. The minimum Gasteiger partial charge on any atom is -0.507 e. The molecule has 0 fully saturated rings. The van der Waals surface area contributed by atoms with Gasteiger partial charge in [0.2, 0.25) is 0 Å². The van der Waals surface area contributed by atoms with E-state index in [-0.39, 0.29) is 10.8 Å². The summed E-state index contributed by atoms with van der Waals surface area (Å²) < 4.78 is 0. The van der Waals surface area contributed by atoms with Crippen LogP contribution < -0.4 is 0 Å². The van der Waals surface area contributed by atoms with Gasteiger partial charge in [0.1, 0.15) is 5.75 Å². The van der Waals surface area contributed by atoms with Gasteiger partial charge in [-0.1, -0.05) is 102 Å². The van der Waals surface area contributed by atoms with E-state index >= 15 is 0 Å². The Morgan fingerprint density at radius 2 is 1.25 bits per heavy atom. The van der Waals surface area contributed by atoms with Gasteiger partial charge < -0.3 is 5.11 Å². The summed E-state index contributed by atoms with van der Waals surface area (Å²) in [5.74, 6) is 0.464. The van der Waals surface area contributed by atoms with E-state index in [1.54, 1.807) is 0 Å². The average molecular weight is 325 g/mol. The molecule has 0 unspecified atom stereocenters. The second-order valence-electron chi connectivity index (χ2n) is 8.32.